The first-order chi connectivity index (χ1) is 59.4. The van der Waals surface area contributed by atoms with Crippen LogP contribution in [0.4, 0.5) is 17.1 Å². The van der Waals surface area contributed by atoms with E-state index in [4.69, 9.17) is 15.0 Å². The summed E-state index contributed by atoms with van der Waals surface area (Å²) in [6.07, 6.45) is 95.1. The first kappa shape index (κ1) is 101. The molecule has 7 aromatic rings. The van der Waals surface area contributed by atoms with Gasteiger partial charge in [-0.25, -0.2) is 13.7 Å². The van der Waals surface area contributed by atoms with Crippen LogP contribution in [-0.4, -0.2) is 54.2 Å². The van der Waals surface area contributed by atoms with Crippen LogP contribution in [0.2, 0.25) is 0 Å². The van der Waals surface area contributed by atoms with Crippen LogP contribution < -0.4 is 28.4 Å². The van der Waals surface area contributed by atoms with E-state index in [1.165, 1.54) is 436 Å². The molecular formula is C111H180N9+3. The van der Waals surface area contributed by atoms with Gasteiger partial charge in [-0.15, -0.1) is 0 Å². The quantitative estimate of drug-likeness (QED) is 0.0280. The van der Waals surface area contributed by atoms with Gasteiger partial charge in [-0.3, -0.25) is 0 Å². The van der Waals surface area contributed by atoms with Crippen molar-refractivity contribution >= 4 is 17.1 Å². The van der Waals surface area contributed by atoms with E-state index >= 15 is 0 Å². The maximum Gasteiger partial charge on any atom is 0.287 e. The van der Waals surface area contributed by atoms with Crippen molar-refractivity contribution in [3.63, 3.8) is 0 Å². The van der Waals surface area contributed by atoms with E-state index in [0.717, 1.165) is 56.4 Å². The molecule has 0 atom stereocenters. The maximum atomic E-state index is 5.15. The minimum Gasteiger partial charge on any atom is -0.372 e. The van der Waals surface area contributed by atoms with Gasteiger partial charge in [0, 0.05) is 91.2 Å². The highest BCUT2D eigenvalue weighted by molar-refractivity contribution is 5.65. The predicted molar refractivity (Wildman–Crippen MR) is 521 cm³/mol. The second-order valence-corrected chi connectivity index (χ2v) is 36.7. The Labute approximate surface area is 738 Å². The van der Waals surface area contributed by atoms with E-state index in [9.17, 15) is 0 Å². The van der Waals surface area contributed by atoms with Crippen molar-refractivity contribution in [1.29, 1.82) is 0 Å². The van der Waals surface area contributed by atoms with E-state index in [1.807, 2.05) is 19.0 Å². The van der Waals surface area contributed by atoms with Gasteiger partial charge in [-0.2, -0.15) is 0 Å². The zero-order valence-electron chi connectivity index (χ0n) is 78.7. The normalized spacial score (nSPS) is 11.6. The molecule has 0 aliphatic rings. The molecule has 3 aromatic heterocycles. The molecule has 9 nitrogen and oxygen atoms in total. The summed E-state index contributed by atoms with van der Waals surface area (Å²) in [5.41, 5.74) is 14.4. The van der Waals surface area contributed by atoms with E-state index in [1.54, 1.807) is 0 Å². The van der Waals surface area contributed by atoms with Crippen LogP contribution in [0.15, 0.2) is 147 Å². The van der Waals surface area contributed by atoms with Gasteiger partial charge in [0.15, 0.2) is 17.1 Å². The lowest BCUT2D eigenvalue weighted by Crippen LogP contribution is -2.36. The number of nitrogens with zero attached hydrogens (tertiary/aromatic N) is 9. The molecule has 0 saturated heterocycles. The summed E-state index contributed by atoms with van der Waals surface area (Å²) in [6.45, 7) is 22.9. The Kier molecular flexibility index (Phi) is 57.0. The molecule has 4 aromatic carbocycles. The first-order valence-corrected chi connectivity index (χ1v) is 51.6. The third kappa shape index (κ3) is 45.2. The third-order valence-corrected chi connectivity index (χ3v) is 25.8. The Hall–Kier alpha value is -6.48. The third-order valence-electron chi connectivity index (χ3n) is 25.8. The molecule has 0 spiro atoms. The van der Waals surface area contributed by atoms with Crippen molar-refractivity contribution in [3.8, 4) is 33.8 Å². The predicted octanol–water partition coefficient (Wildman–Crippen LogP) is 31.8. The molecule has 0 N–H and O–H groups in total. The topological polar surface area (TPSA) is 60.0 Å². The fourth-order valence-electron chi connectivity index (χ4n) is 18.1. The van der Waals surface area contributed by atoms with E-state index < -0.39 is 0 Å². The van der Waals surface area contributed by atoms with Gasteiger partial charge in [0.05, 0.1) is 18.6 Å². The molecular weight excluding hydrogens is 1460 g/mol. The van der Waals surface area contributed by atoms with E-state index in [-0.39, 0.29) is 0 Å². The summed E-state index contributed by atoms with van der Waals surface area (Å²) in [5, 5.41) is 0. The fourth-order valence-corrected chi connectivity index (χ4v) is 18.1. The Morgan fingerprint density at radius 1 is 0.192 bits per heavy atom. The minimum absolute atomic E-state index is 0.710. The lowest BCUT2D eigenvalue weighted by atomic mass is 10.0. The molecule has 3 heterocycles. The zero-order chi connectivity index (χ0) is 84.3. The highest BCUT2D eigenvalue weighted by Gasteiger charge is 2.18. The van der Waals surface area contributed by atoms with Crippen LogP contribution in [0.5, 0.6) is 0 Å². The molecule has 7 rings (SSSR count). The molecule has 0 saturated carbocycles. The summed E-state index contributed by atoms with van der Waals surface area (Å²) in [5.74, 6) is 0. The Morgan fingerprint density at radius 3 is 0.500 bits per heavy atom. The average Bonchev–Trinajstić information content (AvgIpc) is 0.835. The highest BCUT2D eigenvalue weighted by Crippen LogP contribution is 2.29. The number of benzene rings is 4. The molecule has 0 unspecified atom stereocenters. The molecule has 0 bridgehead atoms. The summed E-state index contributed by atoms with van der Waals surface area (Å²) < 4.78 is 6.74. The molecule has 0 aliphatic heterocycles. The largest absolute Gasteiger partial charge is 0.372 e. The maximum absolute atomic E-state index is 5.15. The minimum atomic E-state index is 0.710. The van der Waals surface area contributed by atoms with Crippen molar-refractivity contribution in [2.24, 2.45) is 0 Å². The van der Waals surface area contributed by atoms with Gasteiger partial charge in [-0.05, 0) is 161 Å². The number of hydrogen-bond acceptors (Lipinski definition) is 6. The number of anilines is 3. The number of aromatic nitrogens is 6. The Bertz CT molecular complexity index is 3040. The smallest absolute Gasteiger partial charge is 0.287 e. The number of rotatable bonds is 78. The van der Waals surface area contributed by atoms with Gasteiger partial charge in [0.1, 0.15) is 19.6 Å². The van der Waals surface area contributed by atoms with Gasteiger partial charge in [-0.1, -0.05) is 388 Å². The summed E-state index contributed by atoms with van der Waals surface area (Å²) in [4.78, 5) is 23.5. The average molecular weight is 1640 g/mol. The summed E-state index contributed by atoms with van der Waals surface area (Å²) in [6, 6.07) is 41.9. The van der Waals surface area contributed by atoms with Crippen LogP contribution in [0, 0.1) is 0 Å². The van der Waals surface area contributed by atoms with Crippen LogP contribution in [-0.2, 0) is 19.6 Å². The van der Waals surface area contributed by atoms with Crippen molar-refractivity contribution in [1.82, 2.24) is 15.0 Å². The first-order valence-electron chi connectivity index (χ1n) is 51.6. The molecule has 666 valence electrons. The van der Waals surface area contributed by atoms with Gasteiger partial charge in [0.25, 0.3) is 19.0 Å². The summed E-state index contributed by atoms with van der Waals surface area (Å²) in [7, 11) is 0. The molecule has 0 fully saturated rings. The van der Waals surface area contributed by atoms with Crippen molar-refractivity contribution in [2.45, 2.75) is 446 Å². The van der Waals surface area contributed by atoms with Gasteiger partial charge < -0.3 is 14.7 Å². The van der Waals surface area contributed by atoms with Gasteiger partial charge in [0.2, 0.25) is 0 Å². The second-order valence-electron chi connectivity index (χ2n) is 36.7. The van der Waals surface area contributed by atoms with Crippen molar-refractivity contribution in [3.05, 3.63) is 163 Å². The standard InChI is InChI=1S/C111H180N9/c1-7-13-19-25-31-37-43-49-55-61-82-118(83-62-56-50-44-38-32-26-20-14-8-2)106-73-67-103(68-74-106)109-79-88-115(97-112-109)94-100-91-101(95-116-89-80-110(113-98-116)104-69-75-107(76-70-104)119(84-63-57-51-45-39-33-27-21-15-9-3)85-64-58-52-46-40-34-28-22-16-10-4)93-102(92-100)96-117-90-81-111(114-99-117)105-71-77-108(78-72-105)120(86-65-59-53-47-41-35-29-23-17-11-5)87-66-60-54-48-42-36-30-24-18-12-6/h67-81,88-93,97-99H,7-66,82-87,94-96H2,1-6H3/q+3. The lowest BCUT2D eigenvalue weighted by molar-refractivity contribution is -0.693. The second kappa shape index (κ2) is 67.9. The molecule has 0 radical (unpaired) electrons. The summed E-state index contributed by atoms with van der Waals surface area (Å²) >= 11 is 0. The Morgan fingerprint density at radius 2 is 0.350 bits per heavy atom. The van der Waals surface area contributed by atoms with Crippen molar-refractivity contribution in [2.75, 3.05) is 54.0 Å². The van der Waals surface area contributed by atoms with E-state index in [2.05, 4.69) is 198 Å². The van der Waals surface area contributed by atoms with Crippen LogP contribution in [0.3, 0.4) is 0 Å². The Balaban J connectivity index is 1.04. The monoisotopic (exact) mass is 1640 g/mol. The van der Waals surface area contributed by atoms with Crippen LogP contribution >= 0.6 is 0 Å². The lowest BCUT2D eigenvalue weighted by Gasteiger charge is -2.25. The zero-order valence-corrected chi connectivity index (χ0v) is 78.7. The molecule has 0 amide bonds. The van der Waals surface area contributed by atoms with Gasteiger partial charge >= 0.3 is 0 Å². The van der Waals surface area contributed by atoms with Crippen LogP contribution in [0.1, 0.15) is 443 Å². The SMILES string of the molecule is CCCCCCCCCCCCN(CCCCCCCCCCCC)c1ccc(-c2cc[n+](Cc3cc(C[n+]4ccc(-c5ccc(N(CCCCCCCCCCCC)CCCCCCCCCCCC)cc5)nc4)cc(C[n+]4ccc(-c5ccc(N(CCCCCCCCCCCC)CCCCCCCCCCCC)cc5)nc4)c3)cn2)cc1. The molecule has 0 aliphatic carbocycles. The fraction of sp³-hybridized carbons (Fsp3) is 0.676. The van der Waals surface area contributed by atoms with E-state index in [0.29, 0.717) is 19.6 Å². The van der Waals surface area contributed by atoms with Crippen LogP contribution in [0.25, 0.3) is 33.8 Å². The highest BCUT2D eigenvalue weighted by atomic mass is 15.1. The molecule has 9 heteroatoms. The molecule has 120 heavy (non-hydrogen) atoms. The number of hydrogen-bond donors (Lipinski definition) is 0. The van der Waals surface area contributed by atoms with Crippen molar-refractivity contribution < 1.29 is 13.7 Å². The number of unbranched alkanes of at least 4 members (excludes halogenated alkanes) is 54.